The molecule has 1 aliphatic rings. The molecule has 1 unspecified atom stereocenters. The fourth-order valence-electron chi connectivity index (χ4n) is 3.02. The summed E-state index contributed by atoms with van der Waals surface area (Å²) in [4.78, 5) is 39.6. The average molecular weight is 419 g/mol. The van der Waals surface area contributed by atoms with Crippen molar-refractivity contribution < 1.29 is 14.4 Å². The molecule has 9 heteroatoms. The Kier molecular flexibility index (Phi) is 6.46. The molecule has 0 radical (unpaired) electrons. The number of nitrogens with zero attached hydrogens (tertiary/aromatic N) is 3. The van der Waals surface area contributed by atoms with Crippen LogP contribution in [0.3, 0.4) is 0 Å². The molecular formula is C19H22N4O3S2. The van der Waals surface area contributed by atoms with E-state index in [1.54, 1.807) is 36.0 Å². The number of fused-ring (bicyclic) bond motifs is 1. The van der Waals surface area contributed by atoms with Gasteiger partial charge < -0.3 is 0 Å². The first-order valence-electron chi connectivity index (χ1n) is 9.01. The van der Waals surface area contributed by atoms with E-state index in [9.17, 15) is 14.4 Å². The highest BCUT2D eigenvalue weighted by Crippen LogP contribution is 2.27. The van der Waals surface area contributed by atoms with E-state index in [2.05, 4.69) is 29.4 Å². The van der Waals surface area contributed by atoms with E-state index in [1.807, 2.05) is 6.26 Å². The largest absolute Gasteiger partial charge is 0.299 e. The van der Waals surface area contributed by atoms with Crippen molar-refractivity contribution >= 4 is 46.0 Å². The standard InChI is InChI=1S/C19H22N4O3S2/c1-11(2)10-15-21-22-19(28-15)20-16(24)14(8-9-27-3)23-17(25)12-6-4-5-7-13(12)18(23)26/h4-7,11,14H,8-10H2,1-3H3,(H,20,22,24). The molecule has 0 saturated carbocycles. The fourth-order valence-corrected chi connectivity index (χ4v) is 4.44. The van der Waals surface area contributed by atoms with Gasteiger partial charge in [0.1, 0.15) is 11.0 Å². The summed E-state index contributed by atoms with van der Waals surface area (Å²) in [6, 6.07) is 5.76. The van der Waals surface area contributed by atoms with Crippen LogP contribution >= 0.6 is 23.1 Å². The Morgan fingerprint density at radius 2 is 1.82 bits per heavy atom. The minimum atomic E-state index is -0.891. The second kappa shape index (κ2) is 8.83. The molecule has 1 aromatic carbocycles. The zero-order chi connectivity index (χ0) is 20.3. The van der Waals surface area contributed by atoms with E-state index < -0.39 is 23.8 Å². The minimum absolute atomic E-state index is 0.338. The average Bonchev–Trinajstić information content (AvgIpc) is 3.19. The molecule has 2 heterocycles. The van der Waals surface area contributed by atoms with E-state index in [-0.39, 0.29) is 0 Å². The highest BCUT2D eigenvalue weighted by Gasteiger charge is 2.42. The van der Waals surface area contributed by atoms with Gasteiger partial charge >= 0.3 is 0 Å². The Hall–Kier alpha value is -2.26. The van der Waals surface area contributed by atoms with Gasteiger partial charge in [0.25, 0.3) is 11.8 Å². The van der Waals surface area contributed by atoms with E-state index in [1.165, 1.54) is 11.3 Å². The van der Waals surface area contributed by atoms with Gasteiger partial charge in [0.2, 0.25) is 11.0 Å². The number of carbonyl (C=O) groups is 3. The number of carbonyl (C=O) groups excluding carboxylic acids is 3. The van der Waals surface area contributed by atoms with Crippen LogP contribution < -0.4 is 5.32 Å². The maximum atomic E-state index is 13.0. The van der Waals surface area contributed by atoms with Gasteiger partial charge in [-0.25, -0.2) is 0 Å². The summed E-state index contributed by atoms with van der Waals surface area (Å²) >= 11 is 2.87. The van der Waals surface area contributed by atoms with Crippen molar-refractivity contribution in [3.63, 3.8) is 0 Å². The maximum Gasteiger partial charge on any atom is 0.262 e. The topological polar surface area (TPSA) is 92.3 Å². The van der Waals surface area contributed by atoms with Crippen molar-refractivity contribution in [1.82, 2.24) is 15.1 Å². The molecule has 28 heavy (non-hydrogen) atoms. The van der Waals surface area contributed by atoms with Crippen LogP contribution in [-0.2, 0) is 11.2 Å². The summed E-state index contributed by atoms with van der Waals surface area (Å²) in [5, 5.41) is 12.1. The number of hydrogen-bond donors (Lipinski definition) is 1. The number of rotatable bonds is 8. The zero-order valence-corrected chi connectivity index (χ0v) is 17.6. The second-order valence-corrected chi connectivity index (χ2v) is 8.96. The van der Waals surface area contributed by atoms with Crippen LogP contribution in [0.15, 0.2) is 24.3 Å². The molecule has 1 aliphatic heterocycles. The predicted molar refractivity (Wildman–Crippen MR) is 111 cm³/mol. The Morgan fingerprint density at radius 3 is 2.39 bits per heavy atom. The highest BCUT2D eigenvalue weighted by atomic mass is 32.2. The first-order chi connectivity index (χ1) is 13.4. The molecule has 1 N–H and O–H groups in total. The molecule has 148 valence electrons. The SMILES string of the molecule is CSCCC(C(=O)Nc1nnc(CC(C)C)s1)N1C(=O)c2ccccc2C1=O. The smallest absolute Gasteiger partial charge is 0.262 e. The molecule has 0 fully saturated rings. The van der Waals surface area contributed by atoms with Gasteiger partial charge in [-0.3, -0.25) is 24.6 Å². The molecule has 3 amide bonds. The van der Waals surface area contributed by atoms with E-state index >= 15 is 0 Å². The Labute approximate surface area is 171 Å². The van der Waals surface area contributed by atoms with E-state index in [0.29, 0.717) is 34.4 Å². The van der Waals surface area contributed by atoms with Crippen molar-refractivity contribution in [2.24, 2.45) is 5.92 Å². The summed E-state index contributed by atoms with van der Waals surface area (Å²) in [6.45, 7) is 4.17. The molecule has 3 rings (SSSR count). The van der Waals surface area contributed by atoms with Crippen LogP contribution in [-0.4, -0.2) is 50.9 Å². The fraction of sp³-hybridized carbons (Fsp3) is 0.421. The molecule has 0 saturated heterocycles. The van der Waals surface area contributed by atoms with Gasteiger partial charge in [-0.15, -0.1) is 10.2 Å². The monoisotopic (exact) mass is 418 g/mol. The predicted octanol–water partition coefficient (Wildman–Crippen LogP) is 3.09. The lowest BCUT2D eigenvalue weighted by Crippen LogP contribution is -2.47. The van der Waals surface area contributed by atoms with Crippen LogP contribution in [0.2, 0.25) is 0 Å². The Morgan fingerprint density at radius 1 is 1.18 bits per heavy atom. The van der Waals surface area contributed by atoms with Gasteiger partial charge in [-0.1, -0.05) is 37.3 Å². The maximum absolute atomic E-state index is 13.0. The number of anilines is 1. The van der Waals surface area contributed by atoms with Gasteiger partial charge in [0, 0.05) is 6.42 Å². The summed E-state index contributed by atoms with van der Waals surface area (Å²) in [5.41, 5.74) is 0.675. The number of hydrogen-bond acceptors (Lipinski definition) is 7. The summed E-state index contributed by atoms with van der Waals surface area (Å²) < 4.78 is 0. The lowest BCUT2D eigenvalue weighted by atomic mass is 10.1. The number of benzene rings is 1. The van der Waals surface area contributed by atoms with Crippen LogP contribution in [0.25, 0.3) is 0 Å². The minimum Gasteiger partial charge on any atom is -0.299 e. The normalized spacial score (nSPS) is 14.5. The number of imide groups is 1. The first kappa shape index (κ1) is 20.5. The van der Waals surface area contributed by atoms with Crippen molar-refractivity contribution in [3.8, 4) is 0 Å². The molecule has 1 atom stereocenters. The third-order valence-electron chi connectivity index (χ3n) is 4.32. The lowest BCUT2D eigenvalue weighted by Gasteiger charge is -2.24. The molecule has 0 spiro atoms. The lowest BCUT2D eigenvalue weighted by molar-refractivity contribution is -0.120. The molecule has 1 aromatic heterocycles. The summed E-state index contributed by atoms with van der Waals surface area (Å²) in [5.74, 6) is -0.209. The number of nitrogens with one attached hydrogen (secondary N) is 1. The van der Waals surface area contributed by atoms with Crippen molar-refractivity contribution in [1.29, 1.82) is 0 Å². The van der Waals surface area contributed by atoms with Crippen molar-refractivity contribution in [2.75, 3.05) is 17.3 Å². The first-order valence-corrected chi connectivity index (χ1v) is 11.2. The second-order valence-electron chi connectivity index (χ2n) is 6.91. The van der Waals surface area contributed by atoms with Crippen LogP contribution in [0.4, 0.5) is 5.13 Å². The molecule has 0 aliphatic carbocycles. The van der Waals surface area contributed by atoms with Crippen LogP contribution in [0, 0.1) is 5.92 Å². The number of aromatic nitrogens is 2. The third kappa shape index (κ3) is 4.25. The van der Waals surface area contributed by atoms with Crippen LogP contribution in [0.5, 0.6) is 0 Å². The summed E-state index contributed by atoms with van der Waals surface area (Å²) in [6.07, 6.45) is 3.07. The molecular weight excluding hydrogens is 396 g/mol. The van der Waals surface area contributed by atoms with Crippen molar-refractivity contribution in [3.05, 3.63) is 40.4 Å². The molecule has 7 nitrogen and oxygen atoms in total. The summed E-state index contributed by atoms with van der Waals surface area (Å²) in [7, 11) is 0. The zero-order valence-electron chi connectivity index (χ0n) is 16.0. The molecule has 2 aromatic rings. The van der Waals surface area contributed by atoms with Gasteiger partial charge in [-0.2, -0.15) is 11.8 Å². The number of thioether (sulfide) groups is 1. The number of amides is 3. The van der Waals surface area contributed by atoms with Crippen molar-refractivity contribution in [2.45, 2.75) is 32.7 Å². The van der Waals surface area contributed by atoms with Crippen LogP contribution in [0.1, 0.15) is 46.0 Å². The third-order valence-corrected chi connectivity index (χ3v) is 5.82. The van der Waals surface area contributed by atoms with Gasteiger partial charge in [-0.05, 0) is 36.5 Å². The molecule has 0 bridgehead atoms. The van der Waals surface area contributed by atoms with Gasteiger partial charge in [0.05, 0.1) is 11.1 Å². The quantitative estimate of drug-likeness (QED) is 0.662. The highest BCUT2D eigenvalue weighted by molar-refractivity contribution is 7.98. The van der Waals surface area contributed by atoms with Gasteiger partial charge in [0.15, 0.2) is 0 Å². The van der Waals surface area contributed by atoms with E-state index in [0.717, 1.165) is 16.3 Å². The Bertz CT molecular complexity index is 862. The van der Waals surface area contributed by atoms with E-state index in [4.69, 9.17) is 0 Å². The Balaban J connectivity index is 1.80.